The minimum Gasteiger partial charge on any atom is -0.508 e. The number of aromatic hydroxyl groups is 1. The molecule has 4 heterocycles. The van der Waals surface area contributed by atoms with E-state index in [0.717, 1.165) is 58.9 Å². The molecule has 30 heavy (non-hydrogen) atoms. The zero-order valence-corrected chi connectivity index (χ0v) is 16.5. The van der Waals surface area contributed by atoms with E-state index in [4.69, 9.17) is 19.7 Å². The van der Waals surface area contributed by atoms with E-state index in [1.807, 2.05) is 19.1 Å². The number of H-pyrrole nitrogens is 1. The van der Waals surface area contributed by atoms with Crippen LogP contribution in [0.1, 0.15) is 12.6 Å². The molecule has 0 amide bonds. The van der Waals surface area contributed by atoms with Crippen LogP contribution in [0, 0.1) is 0 Å². The summed E-state index contributed by atoms with van der Waals surface area (Å²) in [5.41, 5.74) is 4.80. The van der Waals surface area contributed by atoms with Crippen molar-refractivity contribution in [1.82, 2.24) is 30.4 Å². The lowest BCUT2D eigenvalue weighted by Gasteiger charge is -2.28. The number of nitrogens with zero attached hydrogens (tertiary/aromatic N) is 6. The summed E-state index contributed by atoms with van der Waals surface area (Å²) in [6.07, 6.45) is 2.57. The third-order valence-corrected chi connectivity index (χ3v) is 5.18. The molecule has 152 valence electrons. The normalized spacial score (nSPS) is 14.4. The van der Waals surface area contributed by atoms with Crippen LogP contribution >= 0.6 is 0 Å². The summed E-state index contributed by atoms with van der Waals surface area (Å²) in [5.74, 6) is 1.48. The average molecular weight is 403 g/mol. The summed E-state index contributed by atoms with van der Waals surface area (Å²) in [6.45, 7) is 4.79. The summed E-state index contributed by atoms with van der Waals surface area (Å²) in [5, 5.41) is 21.0. The number of ether oxygens (including phenoxy) is 1. The van der Waals surface area contributed by atoms with Crippen molar-refractivity contribution < 1.29 is 9.84 Å². The Hall–Kier alpha value is -3.59. The largest absolute Gasteiger partial charge is 0.508 e. The molecule has 4 aromatic rings. The first kappa shape index (κ1) is 18.4. The first-order valence-electron chi connectivity index (χ1n) is 9.93. The Balaban J connectivity index is 1.70. The van der Waals surface area contributed by atoms with Crippen molar-refractivity contribution >= 4 is 16.9 Å². The van der Waals surface area contributed by atoms with Gasteiger partial charge in [0.15, 0.2) is 11.6 Å². The number of nitrogens with one attached hydrogen (secondary N) is 1. The number of aryl methyl sites for hydroxylation is 1. The summed E-state index contributed by atoms with van der Waals surface area (Å²) in [4.78, 5) is 16.5. The minimum absolute atomic E-state index is 0.173. The van der Waals surface area contributed by atoms with Crippen molar-refractivity contribution in [3.05, 3.63) is 42.2 Å². The second-order valence-corrected chi connectivity index (χ2v) is 7.10. The van der Waals surface area contributed by atoms with E-state index in [1.165, 1.54) is 0 Å². The number of anilines is 1. The molecule has 9 nitrogen and oxygen atoms in total. The number of hydrogen-bond donors (Lipinski definition) is 2. The van der Waals surface area contributed by atoms with Crippen molar-refractivity contribution in [2.45, 2.75) is 13.3 Å². The van der Waals surface area contributed by atoms with E-state index in [0.29, 0.717) is 19.0 Å². The molecule has 0 radical (unpaired) electrons. The predicted octanol–water partition coefficient (Wildman–Crippen LogP) is 2.58. The second-order valence-electron chi connectivity index (χ2n) is 7.10. The number of fused-ring (bicyclic) bond motifs is 1. The van der Waals surface area contributed by atoms with Gasteiger partial charge in [0.25, 0.3) is 0 Å². The zero-order valence-electron chi connectivity index (χ0n) is 16.5. The van der Waals surface area contributed by atoms with E-state index >= 15 is 0 Å². The van der Waals surface area contributed by atoms with E-state index in [1.54, 1.807) is 24.4 Å². The van der Waals surface area contributed by atoms with Crippen molar-refractivity contribution in [3.8, 4) is 28.4 Å². The van der Waals surface area contributed by atoms with E-state index in [9.17, 15) is 5.11 Å². The van der Waals surface area contributed by atoms with E-state index < -0.39 is 0 Å². The maximum Gasteiger partial charge on any atom is 0.162 e. The fourth-order valence-corrected chi connectivity index (χ4v) is 3.64. The molecule has 2 N–H and O–H groups in total. The standard InChI is InChI=1S/C21H21N7O2/c1-2-16-18(26-27-25-16)14-11-17-19(22-12-14)21(28-6-8-30-9-7-28)24-20(23-17)13-4-3-5-15(29)10-13/h3-5,10-12,29H,2,6-9H2,1H3,(H,25,26,27). The lowest BCUT2D eigenvalue weighted by atomic mass is 10.1. The highest BCUT2D eigenvalue weighted by Gasteiger charge is 2.20. The Morgan fingerprint density at radius 2 is 2.00 bits per heavy atom. The molecule has 5 rings (SSSR count). The van der Waals surface area contributed by atoms with E-state index in [-0.39, 0.29) is 5.75 Å². The third-order valence-electron chi connectivity index (χ3n) is 5.18. The van der Waals surface area contributed by atoms with Crippen LogP contribution < -0.4 is 4.90 Å². The Kier molecular flexibility index (Phi) is 4.72. The number of hydrogen-bond acceptors (Lipinski definition) is 8. The van der Waals surface area contributed by atoms with Crippen molar-refractivity contribution in [1.29, 1.82) is 0 Å². The molecule has 0 aliphatic carbocycles. The Labute approximate surface area is 172 Å². The maximum absolute atomic E-state index is 9.92. The van der Waals surface area contributed by atoms with Gasteiger partial charge >= 0.3 is 0 Å². The van der Waals surface area contributed by atoms with Crippen molar-refractivity contribution in [2.24, 2.45) is 0 Å². The van der Waals surface area contributed by atoms with Crippen LogP contribution in [0.25, 0.3) is 33.7 Å². The van der Waals surface area contributed by atoms with Crippen LogP contribution in [-0.2, 0) is 11.2 Å². The number of morpholine rings is 1. The van der Waals surface area contributed by atoms with Gasteiger partial charge in [0.2, 0.25) is 0 Å². The Bertz CT molecular complexity index is 1200. The summed E-state index contributed by atoms with van der Waals surface area (Å²) < 4.78 is 5.50. The lowest BCUT2D eigenvalue weighted by molar-refractivity contribution is 0.122. The SMILES string of the molecule is CCc1nn[nH]c1-c1cnc2c(N3CCOCC3)nc(-c3cccc(O)c3)nc2c1. The van der Waals surface area contributed by atoms with Gasteiger partial charge in [-0.05, 0) is 24.6 Å². The fraction of sp³-hybridized carbons (Fsp3) is 0.286. The van der Waals surface area contributed by atoms with Crippen LogP contribution in [0.3, 0.4) is 0 Å². The second kappa shape index (κ2) is 7.68. The third kappa shape index (κ3) is 3.33. The smallest absolute Gasteiger partial charge is 0.162 e. The molecule has 0 spiro atoms. The number of pyridine rings is 1. The van der Waals surface area contributed by atoms with Crippen LogP contribution in [0.5, 0.6) is 5.75 Å². The van der Waals surface area contributed by atoms with Gasteiger partial charge in [-0.2, -0.15) is 0 Å². The minimum atomic E-state index is 0.173. The van der Waals surface area contributed by atoms with Gasteiger partial charge in [-0.25, -0.2) is 15.0 Å². The van der Waals surface area contributed by atoms with Gasteiger partial charge < -0.3 is 14.7 Å². The quantitative estimate of drug-likeness (QED) is 0.535. The highest BCUT2D eigenvalue weighted by atomic mass is 16.5. The molecule has 1 saturated heterocycles. The van der Waals surface area contributed by atoms with Gasteiger partial charge in [-0.3, -0.25) is 5.10 Å². The average Bonchev–Trinajstić information content (AvgIpc) is 3.27. The molecule has 1 aliphatic heterocycles. The molecule has 1 aliphatic rings. The van der Waals surface area contributed by atoms with Crippen LogP contribution in [0.2, 0.25) is 0 Å². The first-order chi connectivity index (χ1) is 14.7. The van der Waals surface area contributed by atoms with Crippen LogP contribution in [-0.4, -0.2) is 61.8 Å². The summed E-state index contributed by atoms with van der Waals surface area (Å²) in [7, 11) is 0. The number of aromatic nitrogens is 6. The van der Waals surface area contributed by atoms with Gasteiger partial charge in [0, 0.05) is 30.4 Å². The number of aromatic amines is 1. The fourth-order valence-electron chi connectivity index (χ4n) is 3.64. The number of phenolic OH excluding ortho intramolecular Hbond substituents is 1. The molecule has 0 bridgehead atoms. The maximum atomic E-state index is 9.92. The van der Waals surface area contributed by atoms with Gasteiger partial charge in [0.1, 0.15) is 11.3 Å². The van der Waals surface area contributed by atoms with Gasteiger partial charge in [-0.15, -0.1) is 5.10 Å². The molecule has 0 saturated carbocycles. The molecular formula is C21H21N7O2. The molecule has 0 unspecified atom stereocenters. The Morgan fingerprint density at radius 3 is 2.80 bits per heavy atom. The molecule has 0 atom stereocenters. The molecular weight excluding hydrogens is 382 g/mol. The van der Waals surface area contributed by atoms with Crippen molar-refractivity contribution in [2.75, 3.05) is 31.2 Å². The van der Waals surface area contributed by atoms with Gasteiger partial charge in [0.05, 0.1) is 30.1 Å². The molecule has 1 aromatic carbocycles. The lowest BCUT2D eigenvalue weighted by Crippen LogP contribution is -2.37. The van der Waals surface area contributed by atoms with Crippen LogP contribution in [0.4, 0.5) is 5.82 Å². The van der Waals surface area contributed by atoms with Crippen LogP contribution in [0.15, 0.2) is 36.5 Å². The highest BCUT2D eigenvalue weighted by Crippen LogP contribution is 2.30. The topological polar surface area (TPSA) is 113 Å². The number of rotatable bonds is 4. The number of benzene rings is 1. The summed E-state index contributed by atoms with van der Waals surface area (Å²) in [6, 6.07) is 8.94. The Morgan fingerprint density at radius 1 is 1.13 bits per heavy atom. The molecule has 3 aromatic heterocycles. The predicted molar refractivity (Wildman–Crippen MR) is 112 cm³/mol. The molecule has 1 fully saturated rings. The van der Waals surface area contributed by atoms with Gasteiger partial charge in [-0.1, -0.05) is 24.3 Å². The molecule has 9 heteroatoms. The van der Waals surface area contributed by atoms with Crippen molar-refractivity contribution in [3.63, 3.8) is 0 Å². The first-order valence-corrected chi connectivity index (χ1v) is 9.93. The monoisotopic (exact) mass is 403 g/mol. The number of phenols is 1. The zero-order chi connectivity index (χ0) is 20.5. The summed E-state index contributed by atoms with van der Waals surface area (Å²) >= 11 is 0. The highest BCUT2D eigenvalue weighted by molar-refractivity contribution is 5.90. The van der Waals surface area contributed by atoms with E-state index in [2.05, 4.69) is 20.3 Å².